The van der Waals surface area contributed by atoms with Crippen LogP contribution in [0.15, 0.2) is 42.5 Å². The topological polar surface area (TPSA) is 77.1 Å². The van der Waals surface area contributed by atoms with Crippen molar-refractivity contribution in [1.29, 1.82) is 0 Å². The molecule has 0 aromatic heterocycles. The minimum Gasteiger partial charge on any atom is -0.496 e. The maximum atomic E-state index is 13.4. The zero-order valence-corrected chi connectivity index (χ0v) is 14.9. The standard InChI is InChI=1S/C19H19FN2O5/c1-25-15-7-4-8-16(26-2)17(15)18(23)21-10-14-11-22(19(24)27-14)13-6-3-5-12(20)9-13/h3-9,14H,10-11H2,1-2H3,(H,21,23). The molecule has 0 bridgehead atoms. The molecule has 0 saturated carbocycles. The predicted molar refractivity (Wildman–Crippen MR) is 95.9 cm³/mol. The Morgan fingerprint density at radius 1 is 1.22 bits per heavy atom. The number of anilines is 1. The Bertz CT molecular complexity index is 835. The number of carbonyl (C=O) groups excluding carboxylic acids is 2. The molecule has 2 aromatic rings. The zero-order chi connectivity index (χ0) is 19.4. The summed E-state index contributed by atoms with van der Waals surface area (Å²) >= 11 is 0. The third kappa shape index (κ3) is 3.94. The molecule has 1 fully saturated rings. The lowest BCUT2D eigenvalue weighted by atomic mass is 10.1. The van der Waals surface area contributed by atoms with Gasteiger partial charge < -0.3 is 19.5 Å². The van der Waals surface area contributed by atoms with E-state index in [2.05, 4.69) is 5.32 Å². The number of methoxy groups -OCH3 is 2. The second-order valence-electron chi connectivity index (χ2n) is 5.84. The van der Waals surface area contributed by atoms with Gasteiger partial charge in [-0.25, -0.2) is 9.18 Å². The fourth-order valence-corrected chi connectivity index (χ4v) is 2.85. The number of nitrogens with one attached hydrogen (secondary N) is 1. The molecule has 0 radical (unpaired) electrons. The first kappa shape index (κ1) is 18.5. The summed E-state index contributed by atoms with van der Waals surface area (Å²) in [5.74, 6) is -0.113. The van der Waals surface area contributed by atoms with Gasteiger partial charge in [-0.3, -0.25) is 9.69 Å². The number of cyclic esters (lactones) is 1. The van der Waals surface area contributed by atoms with Crippen LogP contribution in [0.4, 0.5) is 14.9 Å². The summed E-state index contributed by atoms with van der Waals surface area (Å²) in [6.45, 7) is 0.295. The Morgan fingerprint density at radius 2 is 1.89 bits per heavy atom. The van der Waals surface area contributed by atoms with Crippen molar-refractivity contribution in [2.24, 2.45) is 0 Å². The number of hydrogen-bond donors (Lipinski definition) is 1. The molecule has 1 atom stereocenters. The Kier molecular flexibility index (Phi) is 5.44. The van der Waals surface area contributed by atoms with Gasteiger partial charge in [0, 0.05) is 0 Å². The highest BCUT2D eigenvalue weighted by Crippen LogP contribution is 2.28. The van der Waals surface area contributed by atoms with Crippen molar-refractivity contribution >= 4 is 17.7 Å². The van der Waals surface area contributed by atoms with Crippen LogP contribution in [-0.2, 0) is 4.74 Å². The Balaban J connectivity index is 1.66. The first-order chi connectivity index (χ1) is 13.0. The van der Waals surface area contributed by atoms with E-state index in [9.17, 15) is 14.0 Å². The number of rotatable bonds is 6. The van der Waals surface area contributed by atoms with Crippen LogP contribution in [0.25, 0.3) is 0 Å². The monoisotopic (exact) mass is 374 g/mol. The lowest BCUT2D eigenvalue weighted by Crippen LogP contribution is -2.35. The molecule has 8 heteroatoms. The molecular formula is C19H19FN2O5. The van der Waals surface area contributed by atoms with Crippen molar-refractivity contribution < 1.29 is 28.2 Å². The largest absolute Gasteiger partial charge is 0.496 e. The quantitative estimate of drug-likeness (QED) is 0.841. The van der Waals surface area contributed by atoms with Crippen molar-refractivity contribution in [2.75, 3.05) is 32.2 Å². The molecular weight excluding hydrogens is 355 g/mol. The summed E-state index contributed by atoms with van der Waals surface area (Å²) in [5, 5.41) is 2.72. The molecule has 1 heterocycles. The normalized spacial score (nSPS) is 16.0. The number of hydrogen-bond acceptors (Lipinski definition) is 5. The van der Waals surface area contributed by atoms with Crippen molar-refractivity contribution in [3.8, 4) is 11.5 Å². The second-order valence-corrected chi connectivity index (χ2v) is 5.84. The van der Waals surface area contributed by atoms with E-state index in [0.29, 0.717) is 17.2 Å². The smallest absolute Gasteiger partial charge is 0.414 e. The Hall–Kier alpha value is -3.29. The van der Waals surface area contributed by atoms with Gasteiger partial charge in [0.05, 0.1) is 33.0 Å². The Labute approximate surface area is 155 Å². The van der Waals surface area contributed by atoms with E-state index >= 15 is 0 Å². The summed E-state index contributed by atoms with van der Waals surface area (Å²) in [6.07, 6.45) is -1.15. The second kappa shape index (κ2) is 7.94. The van der Waals surface area contributed by atoms with E-state index in [-0.39, 0.29) is 18.7 Å². The molecule has 0 spiro atoms. The number of nitrogens with zero attached hydrogens (tertiary/aromatic N) is 1. The highest BCUT2D eigenvalue weighted by molar-refractivity contribution is 5.99. The number of halogens is 1. The molecule has 1 aliphatic heterocycles. The van der Waals surface area contributed by atoms with Crippen LogP contribution in [0.2, 0.25) is 0 Å². The summed E-state index contributed by atoms with van der Waals surface area (Å²) in [5.41, 5.74) is 0.661. The van der Waals surface area contributed by atoms with Crippen LogP contribution in [-0.4, -0.2) is 45.4 Å². The number of ether oxygens (including phenoxy) is 3. The SMILES string of the molecule is COc1cccc(OC)c1C(=O)NCC1CN(c2cccc(F)c2)C(=O)O1. The van der Waals surface area contributed by atoms with Gasteiger partial charge in [0.15, 0.2) is 0 Å². The van der Waals surface area contributed by atoms with Gasteiger partial charge in [-0.1, -0.05) is 12.1 Å². The summed E-state index contributed by atoms with van der Waals surface area (Å²) < 4.78 is 29.1. The van der Waals surface area contributed by atoms with Crippen LogP contribution >= 0.6 is 0 Å². The summed E-state index contributed by atoms with van der Waals surface area (Å²) in [4.78, 5) is 25.9. The average Bonchev–Trinajstić information content (AvgIpc) is 3.06. The van der Waals surface area contributed by atoms with Gasteiger partial charge in [-0.15, -0.1) is 0 Å². The lowest BCUT2D eigenvalue weighted by molar-refractivity contribution is 0.0910. The molecule has 142 valence electrons. The fraction of sp³-hybridized carbons (Fsp3) is 0.263. The van der Waals surface area contributed by atoms with E-state index in [0.717, 1.165) is 0 Å². The molecule has 3 rings (SSSR count). The minimum atomic E-state index is -0.588. The van der Waals surface area contributed by atoms with Crippen molar-refractivity contribution in [3.63, 3.8) is 0 Å². The number of benzene rings is 2. The van der Waals surface area contributed by atoms with E-state index in [4.69, 9.17) is 14.2 Å². The van der Waals surface area contributed by atoms with Gasteiger partial charge in [0.1, 0.15) is 29.0 Å². The van der Waals surface area contributed by atoms with Crippen molar-refractivity contribution in [1.82, 2.24) is 5.32 Å². The third-order valence-corrected chi connectivity index (χ3v) is 4.14. The highest BCUT2D eigenvalue weighted by Gasteiger charge is 2.33. The van der Waals surface area contributed by atoms with Crippen molar-refractivity contribution in [2.45, 2.75) is 6.10 Å². The van der Waals surface area contributed by atoms with E-state index in [1.807, 2.05) is 0 Å². The molecule has 0 aliphatic carbocycles. The zero-order valence-electron chi connectivity index (χ0n) is 14.9. The van der Waals surface area contributed by atoms with Gasteiger partial charge >= 0.3 is 6.09 Å². The van der Waals surface area contributed by atoms with Crippen LogP contribution in [0.3, 0.4) is 0 Å². The van der Waals surface area contributed by atoms with Gasteiger partial charge in [-0.05, 0) is 30.3 Å². The average molecular weight is 374 g/mol. The maximum Gasteiger partial charge on any atom is 0.414 e. The van der Waals surface area contributed by atoms with E-state index in [1.54, 1.807) is 24.3 Å². The molecule has 1 unspecified atom stereocenters. The van der Waals surface area contributed by atoms with Crippen LogP contribution in [0.1, 0.15) is 10.4 Å². The molecule has 1 aliphatic rings. The third-order valence-electron chi connectivity index (χ3n) is 4.14. The first-order valence-electron chi connectivity index (χ1n) is 8.26. The number of amides is 2. The minimum absolute atomic E-state index is 0.0948. The van der Waals surface area contributed by atoms with Crippen LogP contribution in [0, 0.1) is 5.82 Å². The fourth-order valence-electron chi connectivity index (χ4n) is 2.85. The first-order valence-corrected chi connectivity index (χ1v) is 8.26. The predicted octanol–water partition coefficient (Wildman–Crippen LogP) is 2.60. The molecule has 2 aromatic carbocycles. The number of carbonyl (C=O) groups is 2. The maximum absolute atomic E-state index is 13.4. The van der Waals surface area contributed by atoms with Gasteiger partial charge in [0.25, 0.3) is 5.91 Å². The van der Waals surface area contributed by atoms with E-state index < -0.39 is 23.9 Å². The molecule has 27 heavy (non-hydrogen) atoms. The van der Waals surface area contributed by atoms with Gasteiger partial charge in [0.2, 0.25) is 0 Å². The van der Waals surface area contributed by atoms with Gasteiger partial charge in [-0.2, -0.15) is 0 Å². The molecule has 1 saturated heterocycles. The Morgan fingerprint density at radius 3 is 2.52 bits per heavy atom. The lowest BCUT2D eigenvalue weighted by Gasteiger charge is -2.15. The molecule has 7 nitrogen and oxygen atoms in total. The van der Waals surface area contributed by atoms with Crippen LogP contribution in [0.5, 0.6) is 11.5 Å². The van der Waals surface area contributed by atoms with Crippen molar-refractivity contribution in [3.05, 3.63) is 53.8 Å². The summed E-state index contributed by atoms with van der Waals surface area (Å²) in [7, 11) is 2.92. The van der Waals surface area contributed by atoms with Crippen LogP contribution < -0.4 is 19.7 Å². The molecule has 2 amide bonds. The highest BCUT2D eigenvalue weighted by atomic mass is 19.1. The van der Waals surface area contributed by atoms with E-state index in [1.165, 1.54) is 37.3 Å². The molecule has 1 N–H and O–H groups in total. The summed E-state index contributed by atoms with van der Waals surface area (Å²) in [6, 6.07) is 10.7.